The number of hydrogen-bond acceptors (Lipinski definition) is 5. The van der Waals surface area contributed by atoms with Crippen LogP contribution < -0.4 is 19.9 Å². The summed E-state index contributed by atoms with van der Waals surface area (Å²) < 4.78 is 15.8. The van der Waals surface area contributed by atoms with Crippen LogP contribution in [0, 0.1) is 0 Å². The third-order valence-corrected chi connectivity index (χ3v) is 3.41. The van der Waals surface area contributed by atoms with Crippen LogP contribution >= 0.6 is 11.6 Å². The predicted octanol–water partition coefficient (Wildman–Crippen LogP) is 2.81. The van der Waals surface area contributed by atoms with Gasteiger partial charge in [-0.1, -0.05) is 11.6 Å². The minimum absolute atomic E-state index is 0.428. The van der Waals surface area contributed by atoms with Gasteiger partial charge in [-0.05, 0) is 29.8 Å². The number of rotatable bonds is 5. The molecule has 21 heavy (non-hydrogen) atoms. The van der Waals surface area contributed by atoms with Crippen LogP contribution in [-0.2, 0) is 0 Å². The fourth-order valence-electron chi connectivity index (χ4n) is 2.08. The maximum absolute atomic E-state index is 6.28. The number of nitrogens with two attached hydrogens (primary N) is 1. The van der Waals surface area contributed by atoms with Crippen LogP contribution in [0.3, 0.4) is 0 Å². The van der Waals surface area contributed by atoms with Crippen LogP contribution in [-0.4, -0.2) is 26.3 Å². The summed E-state index contributed by atoms with van der Waals surface area (Å²) in [6.07, 6.45) is 1.67. The number of methoxy groups -OCH3 is 3. The zero-order valence-corrected chi connectivity index (χ0v) is 12.8. The normalized spacial score (nSPS) is 11.9. The molecule has 6 heteroatoms. The summed E-state index contributed by atoms with van der Waals surface area (Å²) in [4.78, 5) is 4.29. The molecule has 1 heterocycles. The lowest BCUT2D eigenvalue weighted by molar-refractivity contribution is 0.354. The van der Waals surface area contributed by atoms with Crippen molar-refractivity contribution in [1.82, 2.24) is 4.98 Å². The Morgan fingerprint density at radius 1 is 1.10 bits per heavy atom. The van der Waals surface area contributed by atoms with Gasteiger partial charge < -0.3 is 19.9 Å². The van der Waals surface area contributed by atoms with Crippen LogP contribution in [0.25, 0.3) is 0 Å². The number of pyridine rings is 1. The molecular formula is C15H17ClN2O3. The zero-order chi connectivity index (χ0) is 15.4. The first-order valence-corrected chi connectivity index (χ1v) is 6.66. The smallest absolute Gasteiger partial charge is 0.179 e. The molecule has 2 aromatic rings. The molecular weight excluding hydrogens is 292 g/mol. The van der Waals surface area contributed by atoms with Crippen molar-refractivity contribution in [3.63, 3.8) is 0 Å². The molecule has 1 aromatic carbocycles. The summed E-state index contributed by atoms with van der Waals surface area (Å²) in [6, 6.07) is 6.63. The largest absolute Gasteiger partial charge is 0.495 e. The molecule has 0 aliphatic heterocycles. The van der Waals surface area contributed by atoms with Crippen molar-refractivity contribution in [3.05, 3.63) is 46.7 Å². The Morgan fingerprint density at radius 2 is 1.81 bits per heavy atom. The van der Waals surface area contributed by atoms with Crippen LogP contribution in [0.1, 0.15) is 17.3 Å². The van der Waals surface area contributed by atoms with Crippen molar-refractivity contribution in [1.29, 1.82) is 0 Å². The van der Waals surface area contributed by atoms with Gasteiger partial charge in [-0.15, -0.1) is 0 Å². The lowest BCUT2D eigenvalue weighted by atomic mass is 10.0. The van der Waals surface area contributed by atoms with E-state index in [4.69, 9.17) is 31.5 Å². The Kier molecular flexibility index (Phi) is 4.88. The minimum Gasteiger partial charge on any atom is -0.495 e. The van der Waals surface area contributed by atoms with Gasteiger partial charge in [0, 0.05) is 6.20 Å². The highest BCUT2D eigenvalue weighted by molar-refractivity contribution is 6.32. The molecule has 0 radical (unpaired) electrons. The fraction of sp³-hybridized carbons (Fsp3) is 0.267. The molecule has 0 bridgehead atoms. The highest BCUT2D eigenvalue weighted by atomic mass is 35.5. The molecule has 0 aliphatic rings. The standard InChI is InChI=1S/C15H17ClN2O3/c1-19-11-5-4-6-18-14(11)13(17)9-7-10(16)15(21-3)12(8-9)20-2/h4-8,13H,17H2,1-3H3. The first-order valence-electron chi connectivity index (χ1n) is 6.28. The van der Waals surface area contributed by atoms with Crippen molar-refractivity contribution < 1.29 is 14.2 Å². The topological polar surface area (TPSA) is 66.6 Å². The van der Waals surface area contributed by atoms with Gasteiger partial charge in [0.2, 0.25) is 0 Å². The molecule has 112 valence electrons. The highest BCUT2D eigenvalue weighted by Gasteiger charge is 2.19. The van der Waals surface area contributed by atoms with Gasteiger partial charge in [-0.25, -0.2) is 0 Å². The predicted molar refractivity (Wildman–Crippen MR) is 81.4 cm³/mol. The number of benzene rings is 1. The van der Waals surface area contributed by atoms with Crippen molar-refractivity contribution in [2.45, 2.75) is 6.04 Å². The quantitative estimate of drug-likeness (QED) is 0.920. The van der Waals surface area contributed by atoms with Gasteiger partial charge in [0.1, 0.15) is 11.4 Å². The highest BCUT2D eigenvalue weighted by Crippen LogP contribution is 2.38. The second-order valence-corrected chi connectivity index (χ2v) is 4.71. The van der Waals surface area contributed by atoms with E-state index in [1.54, 1.807) is 38.6 Å². The van der Waals surface area contributed by atoms with E-state index < -0.39 is 6.04 Å². The van der Waals surface area contributed by atoms with E-state index >= 15 is 0 Å². The van der Waals surface area contributed by atoms with Gasteiger partial charge in [0.15, 0.2) is 11.5 Å². The van der Waals surface area contributed by atoms with Gasteiger partial charge in [0.25, 0.3) is 0 Å². The molecule has 2 N–H and O–H groups in total. The first kappa shape index (κ1) is 15.4. The van der Waals surface area contributed by atoms with Crippen molar-refractivity contribution in [3.8, 4) is 17.2 Å². The molecule has 0 amide bonds. The average Bonchev–Trinajstić information content (AvgIpc) is 2.53. The Labute approximate surface area is 128 Å². The zero-order valence-electron chi connectivity index (χ0n) is 12.1. The molecule has 2 rings (SSSR count). The van der Waals surface area contributed by atoms with E-state index in [9.17, 15) is 0 Å². The summed E-state index contributed by atoms with van der Waals surface area (Å²) in [5.41, 5.74) is 7.67. The van der Waals surface area contributed by atoms with Crippen LogP contribution in [0.5, 0.6) is 17.2 Å². The molecule has 0 fully saturated rings. The van der Waals surface area contributed by atoms with Crippen molar-refractivity contribution in [2.75, 3.05) is 21.3 Å². The molecule has 1 atom stereocenters. The molecule has 0 saturated carbocycles. The number of aromatic nitrogens is 1. The monoisotopic (exact) mass is 308 g/mol. The van der Waals surface area contributed by atoms with Crippen LogP contribution in [0.2, 0.25) is 5.02 Å². The Hall–Kier alpha value is -1.98. The Morgan fingerprint density at radius 3 is 2.43 bits per heavy atom. The maximum atomic E-state index is 6.28. The number of halogens is 1. The first-order chi connectivity index (χ1) is 10.1. The molecule has 1 unspecified atom stereocenters. The third-order valence-electron chi connectivity index (χ3n) is 3.13. The van der Waals surface area contributed by atoms with E-state index in [1.165, 1.54) is 7.11 Å². The van der Waals surface area contributed by atoms with Gasteiger partial charge in [-0.2, -0.15) is 0 Å². The minimum atomic E-state index is -0.488. The van der Waals surface area contributed by atoms with Crippen LogP contribution in [0.15, 0.2) is 30.5 Å². The summed E-state index contributed by atoms with van der Waals surface area (Å²) in [5.74, 6) is 1.62. The Bertz CT molecular complexity index is 634. The molecule has 1 aromatic heterocycles. The van der Waals surface area contributed by atoms with E-state index in [-0.39, 0.29) is 0 Å². The van der Waals surface area contributed by atoms with Crippen LogP contribution in [0.4, 0.5) is 0 Å². The molecule has 5 nitrogen and oxygen atoms in total. The number of ether oxygens (including phenoxy) is 3. The van der Waals surface area contributed by atoms with Gasteiger partial charge in [-0.3, -0.25) is 4.98 Å². The molecule has 0 saturated heterocycles. The number of nitrogens with zero attached hydrogens (tertiary/aromatic N) is 1. The van der Waals surface area contributed by atoms with Crippen molar-refractivity contribution >= 4 is 11.6 Å². The second-order valence-electron chi connectivity index (χ2n) is 4.31. The lowest BCUT2D eigenvalue weighted by Gasteiger charge is -2.17. The lowest BCUT2D eigenvalue weighted by Crippen LogP contribution is -2.15. The molecule has 0 aliphatic carbocycles. The van der Waals surface area contributed by atoms with Gasteiger partial charge >= 0.3 is 0 Å². The summed E-state index contributed by atoms with van der Waals surface area (Å²) >= 11 is 6.21. The third kappa shape index (κ3) is 3.04. The van der Waals surface area contributed by atoms with E-state index in [0.29, 0.717) is 28.0 Å². The summed E-state index contributed by atoms with van der Waals surface area (Å²) in [6.45, 7) is 0. The Balaban J connectivity index is 2.48. The van der Waals surface area contributed by atoms with E-state index in [0.717, 1.165) is 5.56 Å². The second kappa shape index (κ2) is 6.65. The average molecular weight is 309 g/mol. The summed E-state index contributed by atoms with van der Waals surface area (Å²) in [5, 5.41) is 0.428. The fourth-order valence-corrected chi connectivity index (χ4v) is 2.38. The van der Waals surface area contributed by atoms with Gasteiger partial charge in [0.05, 0.1) is 32.4 Å². The summed E-state index contributed by atoms with van der Waals surface area (Å²) in [7, 11) is 4.66. The number of hydrogen-bond donors (Lipinski definition) is 1. The van der Waals surface area contributed by atoms with Crippen molar-refractivity contribution in [2.24, 2.45) is 5.73 Å². The molecule has 0 spiro atoms. The van der Waals surface area contributed by atoms with E-state index in [1.807, 2.05) is 6.07 Å². The van der Waals surface area contributed by atoms with E-state index in [2.05, 4.69) is 4.98 Å². The SMILES string of the molecule is COc1cccnc1C(N)c1cc(Cl)c(OC)c(OC)c1. The maximum Gasteiger partial charge on any atom is 0.179 e.